The average Bonchev–Trinajstić information content (AvgIpc) is 2.76. The van der Waals surface area contributed by atoms with Gasteiger partial charge in [0, 0.05) is 7.05 Å². The minimum atomic E-state index is -0.772. The van der Waals surface area contributed by atoms with Crippen molar-refractivity contribution in [3.63, 3.8) is 0 Å². The zero-order chi connectivity index (χ0) is 21.3. The zero-order valence-corrected chi connectivity index (χ0v) is 18.0. The Morgan fingerprint density at radius 1 is 1.23 bits per heavy atom. The molecule has 1 aromatic heterocycles. The second kappa shape index (κ2) is 8.11. The number of thioether (sulfide) groups is 1. The number of rotatable bonds is 4. The van der Waals surface area contributed by atoms with Crippen molar-refractivity contribution in [2.24, 2.45) is 7.05 Å². The van der Waals surface area contributed by atoms with Gasteiger partial charge in [-0.1, -0.05) is 55.3 Å². The first-order valence-corrected chi connectivity index (χ1v) is 11.1. The van der Waals surface area contributed by atoms with Gasteiger partial charge in [0.15, 0.2) is 5.16 Å². The molecule has 0 radical (unpaired) electrons. The summed E-state index contributed by atoms with van der Waals surface area (Å²) in [5.74, 6) is -0.198. The number of fused-ring (bicyclic) bond motifs is 2. The van der Waals surface area contributed by atoms with Crippen LogP contribution in [0.1, 0.15) is 39.0 Å². The van der Waals surface area contributed by atoms with Gasteiger partial charge in [-0.05, 0) is 42.7 Å². The number of aromatic nitrogens is 2. The van der Waals surface area contributed by atoms with Gasteiger partial charge in [0.05, 0.1) is 22.2 Å². The maximum absolute atomic E-state index is 12.9. The Labute approximate surface area is 179 Å². The fraction of sp³-hybridized carbons (Fsp3) is 0.391. The number of carbonyl (C=O) groups excluding carboxylic acids is 1. The molecule has 1 atom stereocenters. The molecule has 1 saturated carbocycles. The fourth-order valence-electron chi connectivity index (χ4n) is 4.01. The number of nitriles is 1. The van der Waals surface area contributed by atoms with Gasteiger partial charge in [-0.2, -0.15) is 5.26 Å². The Morgan fingerprint density at radius 3 is 2.57 bits per heavy atom. The Kier molecular flexibility index (Phi) is 5.52. The molecule has 1 amide bonds. The van der Waals surface area contributed by atoms with Gasteiger partial charge >= 0.3 is 0 Å². The van der Waals surface area contributed by atoms with Crippen molar-refractivity contribution >= 4 is 39.3 Å². The van der Waals surface area contributed by atoms with E-state index in [-0.39, 0.29) is 11.5 Å². The molecule has 0 bridgehead atoms. The van der Waals surface area contributed by atoms with E-state index in [0.29, 0.717) is 28.9 Å². The molecule has 1 aliphatic rings. The summed E-state index contributed by atoms with van der Waals surface area (Å²) in [5, 5.41) is 15.2. The van der Waals surface area contributed by atoms with Crippen LogP contribution in [0.15, 0.2) is 46.3 Å². The molecule has 7 heteroatoms. The number of hydrogen-bond donors (Lipinski definition) is 1. The monoisotopic (exact) mass is 420 g/mol. The van der Waals surface area contributed by atoms with Crippen LogP contribution in [-0.2, 0) is 11.8 Å². The summed E-state index contributed by atoms with van der Waals surface area (Å²) >= 11 is 1.24. The SMILES string of the molecule is C[C@@H](Sc1nc2cc3ccccc3cc2c(=O)n1C)C(=O)NC1(C#N)CCCCC1. The van der Waals surface area contributed by atoms with E-state index in [0.717, 1.165) is 30.0 Å². The number of amides is 1. The third kappa shape index (κ3) is 3.80. The minimum Gasteiger partial charge on any atom is -0.337 e. The molecule has 1 heterocycles. The molecular weight excluding hydrogens is 396 g/mol. The van der Waals surface area contributed by atoms with Crippen molar-refractivity contribution in [2.75, 3.05) is 0 Å². The van der Waals surface area contributed by atoms with E-state index < -0.39 is 10.8 Å². The van der Waals surface area contributed by atoms with E-state index in [1.807, 2.05) is 36.4 Å². The van der Waals surface area contributed by atoms with Crippen molar-refractivity contribution in [2.45, 2.75) is 55.0 Å². The van der Waals surface area contributed by atoms with Crippen molar-refractivity contribution in [3.05, 3.63) is 46.8 Å². The topological polar surface area (TPSA) is 87.8 Å². The van der Waals surface area contributed by atoms with Crippen LogP contribution in [0.5, 0.6) is 0 Å². The summed E-state index contributed by atoms with van der Waals surface area (Å²) in [6, 6.07) is 13.9. The van der Waals surface area contributed by atoms with E-state index in [1.165, 1.54) is 16.3 Å². The predicted molar refractivity (Wildman–Crippen MR) is 119 cm³/mol. The quantitative estimate of drug-likeness (QED) is 0.393. The smallest absolute Gasteiger partial charge is 0.261 e. The summed E-state index contributed by atoms with van der Waals surface area (Å²) < 4.78 is 1.49. The normalized spacial score (nSPS) is 16.8. The number of benzene rings is 2. The van der Waals surface area contributed by atoms with Crippen LogP contribution in [0.3, 0.4) is 0 Å². The predicted octanol–water partition coefficient (Wildman–Crippen LogP) is 3.91. The van der Waals surface area contributed by atoms with Crippen molar-refractivity contribution in [1.29, 1.82) is 5.26 Å². The van der Waals surface area contributed by atoms with E-state index >= 15 is 0 Å². The van der Waals surface area contributed by atoms with Gasteiger partial charge in [-0.25, -0.2) is 4.98 Å². The summed E-state index contributed by atoms with van der Waals surface area (Å²) in [7, 11) is 1.68. The maximum Gasteiger partial charge on any atom is 0.261 e. The molecule has 0 unspecified atom stereocenters. The Balaban J connectivity index is 1.62. The number of hydrogen-bond acceptors (Lipinski definition) is 5. The third-order valence-corrected chi connectivity index (χ3v) is 6.98. The van der Waals surface area contributed by atoms with Crippen LogP contribution in [0.25, 0.3) is 21.7 Å². The van der Waals surface area contributed by atoms with Crippen molar-refractivity contribution in [3.8, 4) is 6.07 Å². The highest BCUT2D eigenvalue weighted by molar-refractivity contribution is 8.00. The van der Waals surface area contributed by atoms with Crippen LogP contribution < -0.4 is 10.9 Å². The molecule has 6 nitrogen and oxygen atoms in total. The minimum absolute atomic E-state index is 0.137. The number of nitrogens with one attached hydrogen (secondary N) is 1. The first-order valence-electron chi connectivity index (χ1n) is 10.2. The Hall–Kier alpha value is -2.85. The maximum atomic E-state index is 12.9. The number of nitrogens with zero attached hydrogens (tertiary/aromatic N) is 3. The molecule has 0 saturated heterocycles. The summed E-state index contributed by atoms with van der Waals surface area (Å²) in [6.07, 6.45) is 4.37. The zero-order valence-electron chi connectivity index (χ0n) is 17.1. The van der Waals surface area contributed by atoms with Gasteiger partial charge in [0.2, 0.25) is 5.91 Å². The first kappa shape index (κ1) is 20.4. The molecule has 1 fully saturated rings. The fourth-order valence-corrected chi connectivity index (χ4v) is 4.89. The molecular formula is C23H24N4O2S. The van der Waals surface area contributed by atoms with E-state index in [9.17, 15) is 14.9 Å². The Morgan fingerprint density at radius 2 is 1.90 bits per heavy atom. The van der Waals surface area contributed by atoms with Gasteiger partial charge in [0.25, 0.3) is 5.56 Å². The van der Waals surface area contributed by atoms with Crippen LogP contribution in [-0.4, -0.2) is 26.2 Å². The molecule has 3 aromatic rings. The van der Waals surface area contributed by atoms with Crippen molar-refractivity contribution < 1.29 is 4.79 Å². The molecule has 2 aromatic carbocycles. The molecule has 4 rings (SSSR count). The van der Waals surface area contributed by atoms with E-state index in [1.54, 1.807) is 14.0 Å². The molecule has 30 heavy (non-hydrogen) atoms. The second-order valence-corrected chi connectivity index (χ2v) is 9.29. The van der Waals surface area contributed by atoms with Crippen LogP contribution in [0.4, 0.5) is 0 Å². The standard InChI is InChI=1S/C23H24N4O2S/c1-15(20(28)26-23(14-24)10-6-3-7-11-23)30-22-25-19-13-17-9-5-4-8-16(17)12-18(19)21(29)27(22)2/h4-5,8-9,12-13,15H,3,6-7,10-11H2,1-2H3,(H,26,28)/t15-/m1/s1. The Bertz CT molecular complexity index is 1220. The lowest BCUT2D eigenvalue weighted by atomic mass is 9.83. The number of carbonyl (C=O) groups is 1. The van der Waals surface area contributed by atoms with Crippen LogP contribution in [0, 0.1) is 11.3 Å². The first-order chi connectivity index (χ1) is 14.4. The van der Waals surface area contributed by atoms with E-state index in [4.69, 9.17) is 0 Å². The van der Waals surface area contributed by atoms with Gasteiger partial charge < -0.3 is 5.32 Å². The molecule has 1 N–H and O–H groups in total. The van der Waals surface area contributed by atoms with Gasteiger partial charge in [-0.3, -0.25) is 14.2 Å². The van der Waals surface area contributed by atoms with Crippen LogP contribution >= 0.6 is 11.8 Å². The molecule has 154 valence electrons. The highest BCUT2D eigenvalue weighted by Gasteiger charge is 2.35. The third-order valence-electron chi connectivity index (χ3n) is 5.84. The lowest BCUT2D eigenvalue weighted by Crippen LogP contribution is -2.51. The van der Waals surface area contributed by atoms with Gasteiger partial charge in [0.1, 0.15) is 5.54 Å². The summed E-state index contributed by atoms with van der Waals surface area (Å²) in [6.45, 7) is 1.78. The summed E-state index contributed by atoms with van der Waals surface area (Å²) in [4.78, 5) is 30.4. The highest BCUT2D eigenvalue weighted by atomic mass is 32.2. The molecule has 1 aliphatic carbocycles. The highest BCUT2D eigenvalue weighted by Crippen LogP contribution is 2.29. The van der Waals surface area contributed by atoms with E-state index in [2.05, 4.69) is 16.4 Å². The average molecular weight is 421 g/mol. The lowest BCUT2D eigenvalue weighted by Gasteiger charge is -2.32. The summed E-state index contributed by atoms with van der Waals surface area (Å²) in [5.41, 5.74) is -0.291. The lowest BCUT2D eigenvalue weighted by molar-refractivity contribution is -0.121. The second-order valence-electron chi connectivity index (χ2n) is 7.98. The van der Waals surface area contributed by atoms with Gasteiger partial charge in [-0.15, -0.1) is 0 Å². The largest absolute Gasteiger partial charge is 0.337 e. The molecule has 0 aliphatic heterocycles. The van der Waals surface area contributed by atoms with Crippen LogP contribution in [0.2, 0.25) is 0 Å². The molecule has 0 spiro atoms. The van der Waals surface area contributed by atoms with Crippen molar-refractivity contribution in [1.82, 2.24) is 14.9 Å².